The van der Waals surface area contributed by atoms with E-state index in [9.17, 15) is 13.2 Å². The Morgan fingerprint density at radius 1 is 1.47 bits per heavy atom. The molecule has 0 atom stereocenters. The van der Waals surface area contributed by atoms with E-state index in [1.165, 1.54) is 4.31 Å². The van der Waals surface area contributed by atoms with Gasteiger partial charge in [-0.05, 0) is 24.6 Å². The minimum Gasteiger partial charge on any atom is -0.341 e. The van der Waals surface area contributed by atoms with Gasteiger partial charge in [0.1, 0.15) is 0 Å². The van der Waals surface area contributed by atoms with Crippen molar-refractivity contribution in [1.29, 1.82) is 0 Å². The van der Waals surface area contributed by atoms with Crippen LogP contribution in [0.4, 0.5) is 5.69 Å². The third kappa shape index (κ3) is 2.88. The van der Waals surface area contributed by atoms with E-state index in [1.54, 1.807) is 24.3 Å². The van der Waals surface area contributed by atoms with Gasteiger partial charge in [0, 0.05) is 12.1 Å². The molecule has 0 unspecified atom stereocenters. The van der Waals surface area contributed by atoms with Gasteiger partial charge < -0.3 is 5.32 Å². The van der Waals surface area contributed by atoms with E-state index >= 15 is 0 Å². The molecule has 5 nitrogen and oxygen atoms in total. The highest BCUT2D eigenvalue weighted by Gasteiger charge is 2.28. The Balaban J connectivity index is 2.25. The number of benzene rings is 1. The zero-order valence-corrected chi connectivity index (χ0v) is 11.1. The number of nitrogens with one attached hydrogen (secondary N) is 1. The first kappa shape index (κ1) is 13.4. The van der Waals surface area contributed by atoms with Crippen molar-refractivity contribution in [3.05, 3.63) is 29.8 Å². The summed E-state index contributed by atoms with van der Waals surface area (Å²) in [5, 5.41) is 2.54. The van der Waals surface area contributed by atoms with E-state index in [1.807, 2.05) is 0 Å². The fraction of sp³-hybridized carbons (Fsp3) is 0.308. The van der Waals surface area contributed by atoms with Crippen LogP contribution >= 0.6 is 0 Å². The molecule has 0 aliphatic carbocycles. The standard InChI is InChI=1S/C13H14N2O3S/c1-2-7-14-13(16)11-5-3-6-12(10-11)15-8-4-9-19(15,17)18/h1,3,5-6,10H,4,7-9H2,(H,14,16). The Bertz CT molecular complexity index is 632. The molecule has 1 N–H and O–H groups in total. The molecule has 1 aliphatic heterocycles. The van der Waals surface area contributed by atoms with Gasteiger partial charge in [-0.2, -0.15) is 0 Å². The third-order valence-electron chi connectivity index (χ3n) is 2.85. The smallest absolute Gasteiger partial charge is 0.252 e. The highest BCUT2D eigenvalue weighted by molar-refractivity contribution is 7.93. The number of carbonyl (C=O) groups excluding carboxylic acids is 1. The number of hydrogen-bond acceptors (Lipinski definition) is 3. The molecular weight excluding hydrogens is 264 g/mol. The maximum atomic E-state index is 11.8. The van der Waals surface area contributed by atoms with Gasteiger partial charge in [-0.1, -0.05) is 12.0 Å². The molecule has 1 aromatic rings. The van der Waals surface area contributed by atoms with E-state index < -0.39 is 10.0 Å². The van der Waals surface area contributed by atoms with Gasteiger partial charge in [0.25, 0.3) is 5.91 Å². The molecule has 0 aromatic heterocycles. The summed E-state index contributed by atoms with van der Waals surface area (Å²) in [5.41, 5.74) is 0.917. The molecule has 0 spiro atoms. The SMILES string of the molecule is C#CCNC(=O)c1cccc(N2CCCS2(=O)=O)c1. The number of carbonyl (C=O) groups is 1. The molecule has 1 saturated heterocycles. The van der Waals surface area contributed by atoms with Crippen molar-refractivity contribution in [1.82, 2.24) is 5.32 Å². The van der Waals surface area contributed by atoms with Crippen molar-refractivity contribution >= 4 is 21.6 Å². The average Bonchev–Trinajstić information content (AvgIpc) is 2.75. The van der Waals surface area contributed by atoms with E-state index in [2.05, 4.69) is 11.2 Å². The summed E-state index contributed by atoms with van der Waals surface area (Å²) in [5.74, 6) is 2.16. The van der Waals surface area contributed by atoms with Crippen molar-refractivity contribution in [3.8, 4) is 12.3 Å². The van der Waals surface area contributed by atoms with Crippen LogP contribution in [0.2, 0.25) is 0 Å². The lowest BCUT2D eigenvalue weighted by Gasteiger charge is -2.17. The van der Waals surface area contributed by atoms with Crippen LogP contribution in [0.5, 0.6) is 0 Å². The molecule has 1 heterocycles. The number of hydrogen-bond donors (Lipinski definition) is 1. The van der Waals surface area contributed by atoms with Gasteiger partial charge in [0.05, 0.1) is 18.0 Å². The quantitative estimate of drug-likeness (QED) is 0.823. The normalized spacial score (nSPS) is 16.9. The maximum absolute atomic E-state index is 11.8. The fourth-order valence-corrected chi connectivity index (χ4v) is 3.52. The summed E-state index contributed by atoms with van der Waals surface area (Å²) in [7, 11) is -3.23. The zero-order valence-electron chi connectivity index (χ0n) is 10.3. The van der Waals surface area contributed by atoms with E-state index in [0.717, 1.165) is 0 Å². The third-order valence-corrected chi connectivity index (χ3v) is 4.72. The first-order chi connectivity index (χ1) is 9.04. The van der Waals surface area contributed by atoms with Crippen LogP contribution < -0.4 is 9.62 Å². The second kappa shape index (κ2) is 5.33. The summed E-state index contributed by atoms with van der Waals surface area (Å²) in [6.07, 6.45) is 5.67. The topological polar surface area (TPSA) is 66.5 Å². The first-order valence-corrected chi connectivity index (χ1v) is 7.47. The second-order valence-electron chi connectivity index (χ2n) is 4.18. The van der Waals surface area contributed by atoms with Crippen LogP contribution in [0, 0.1) is 12.3 Å². The number of anilines is 1. The zero-order chi connectivity index (χ0) is 13.9. The monoisotopic (exact) mass is 278 g/mol. The molecule has 6 heteroatoms. The Morgan fingerprint density at radius 3 is 2.89 bits per heavy atom. The summed E-state index contributed by atoms with van der Waals surface area (Å²) in [6, 6.07) is 6.53. The predicted molar refractivity (Wildman–Crippen MR) is 73.4 cm³/mol. The van der Waals surface area contributed by atoms with Crippen molar-refractivity contribution in [3.63, 3.8) is 0 Å². The summed E-state index contributed by atoms with van der Waals surface area (Å²) >= 11 is 0. The molecule has 1 amide bonds. The maximum Gasteiger partial charge on any atom is 0.252 e. The molecule has 0 bridgehead atoms. The van der Waals surface area contributed by atoms with Crippen molar-refractivity contribution in [2.24, 2.45) is 0 Å². The van der Waals surface area contributed by atoms with Crippen molar-refractivity contribution in [2.75, 3.05) is 23.1 Å². The number of rotatable bonds is 3. The van der Waals surface area contributed by atoms with E-state index in [0.29, 0.717) is 24.2 Å². The molecule has 100 valence electrons. The van der Waals surface area contributed by atoms with Gasteiger partial charge in [-0.25, -0.2) is 8.42 Å². The Hall–Kier alpha value is -2.00. The lowest BCUT2D eigenvalue weighted by Crippen LogP contribution is -2.26. The van der Waals surface area contributed by atoms with Gasteiger partial charge in [-0.15, -0.1) is 6.42 Å². The lowest BCUT2D eigenvalue weighted by atomic mass is 10.2. The van der Waals surface area contributed by atoms with Crippen LogP contribution in [0.3, 0.4) is 0 Å². The Morgan fingerprint density at radius 2 is 2.26 bits per heavy atom. The molecule has 1 aromatic carbocycles. The Kier molecular flexibility index (Phi) is 3.76. The minimum atomic E-state index is -3.23. The van der Waals surface area contributed by atoms with Crippen LogP contribution in [0.25, 0.3) is 0 Å². The van der Waals surface area contributed by atoms with Crippen LogP contribution in [-0.4, -0.2) is 33.2 Å². The molecule has 2 rings (SSSR count). The predicted octanol–water partition coefficient (Wildman–Crippen LogP) is 0.590. The first-order valence-electron chi connectivity index (χ1n) is 5.87. The molecule has 1 fully saturated rings. The molecular formula is C13H14N2O3S. The van der Waals surface area contributed by atoms with E-state index in [4.69, 9.17) is 6.42 Å². The number of sulfonamides is 1. The van der Waals surface area contributed by atoms with Crippen molar-refractivity contribution < 1.29 is 13.2 Å². The lowest BCUT2D eigenvalue weighted by molar-refractivity contribution is 0.0958. The highest BCUT2D eigenvalue weighted by atomic mass is 32.2. The largest absolute Gasteiger partial charge is 0.341 e. The molecule has 0 saturated carbocycles. The molecule has 0 radical (unpaired) electrons. The van der Waals surface area contributed by atoms with E-state index in [-0.39, 0.29) is 18.2 Å². The van der Waals surface area contributed by atoms with Gasteiger partial charge in [0.2, 0.25) is 10.0 Å². The van der Waals surface area contributed by atoms with Gasteiger partial charge >= 0.3 is 0 Å². The van der Waals surface area contributed by atoms with Gasteiger partial charge in [-0.3, -0.25) is 9.10 Å². The molecule has 1 aliphatic rings. The number of terminal acetylenes is 1. The summed E-state index contributed by atoms with van der Waals surface area (Å²) < 4.78 is 25.0. The van der Waals surface area contributed by atoms with Gasteiger partial charge in [0.15, 0.2) is 0 Å². The Labute approximate surface area is 112 Å². The van der Waals surface area contributed by atoms with Crippen LogP contribution in [0.15, 0.2) is 24.3 Å². The fourth-order valence-electron chi connectivity index (χ4n) is 1.97. The van der Waals surface area contributed by atoms with Crippen molar-refractivity contribution in [2.45, 2.75) is 6.42 Å². The van der Waals surface area contributed by atoms with Crippen LogP contribution in [0.1, 0.15) is 16.8 Å². The number of amides is 1. The highest BCUT2D eigenvalue weighted by Crippen LogP contribution is 2.24. The summed E-state index contributed by atoms with van der Waals surface area (Å²) in [6.45, 7) is 0.600. The molecule has 19 heavy (non-hydrogen) atoms. The number of nitrogens with zero attached hydrogens (tertiary/aromatic N) is 1. The second-order valence-corrected chi connectivity index (χ2v) is 6.19. The minimum absolute atomic E-state index is 0.144. The van der Waals surface area contributed by atoms with Crippen LogP contribution in [-0.2, 0) is 10.0 Å². The summed E-state index contributed by atoms with van der Waals surface area (Å²) in [4.78, 5) is 11.8. The average molecular weight is 278 g/mol.